The standard InChI is InChI=1S/C21H21ClN2O4/c22-14-6-7-18-15(11-14)17(25)12-20(28-18)21(26)23-13-16(19-5-4-10-27-19)24-8-2-1-3-9-24/h4-7,10-12,16H,1-3,8-9,13H2,(H,23,26)/t16-/m1/s1. The molecule has 0 bridgehead atoms. The molecule has 0 aliphatic carbocycles. The third-order valence-corrected chi connectivity index (χ3v) is 5.31. The average molecular weight is 401 g/mol. The van der Waals surface area contributed by atoms with Crippen LogP contribution < -0.4 is 10.7 Å². The number of rotatable bonds is 5. The number of furan rings is 1. The van der Waals surface area contributed by atoms with Gasteiger partial charge in [-0.15, -0.1) is 0 Å². The lowest BCUT2D eigenvalue weighted by Gasteiger charge is -2.33. The Morgan fingerprint density at radius 3 is 2.75 bits per heavy atom. The van der Waals surface area contributed by atoms with Gasteiger partial charge in [-0.05, 0) is 56.3 Å². The van der Waals surface area contributed by atoms with Crippen LogP contribution in [-0.4, -0.2) is 30.4 Å². The van der Waals surface area contributed by atoms with E-state index in [2.05, 4.69) is 10.2 Å². The molecule has 0 radical (unpaired) electrons. The molecular formula is C21H21ClN2O4. The Kier molecular flexibility index (Phi) is 5.50. The van der Waals surface area contributed by atoms with Gasteiger partial charge in [0.15, 0.2) is 11.2 Å². The van der Waals surface area contributed by atoms with Gasteiger partial charge in [0, 0.05) is 17.6 Å². The average Bonchev–Trinajstić information content (AvgIpc) is 3.24. The number of halogens is 1. The molecule has 0 unspecified atom stereocenters. The van der Waals surface area contributed by atoms with E-state index in [4.69, 9.17) is 20.4 Å². The summed E-state index contributed by atoms with van der Waals surface area (Å²) in [6.07, 6.45) is 5.13. The molecule has 1 fully saturated rings. The zero-order valence-electron chi connectivity index (χ0n) is 15.3. The Morgan fingerprint density at radius 2 is 2.00 bits per heavy atom. The Morgan fingerprint density at radius 1 is 1.18 bits per heavy atom. The van der Waals surface area contributed by atoms with E-state index in [0.717, 1.165) is 31.7 Å². The number of likely N-dealkylation sites (tertiary alicyclic amines) is 1. The van der Waals surface area contributed by atoms with E-state index in [9.17, 15) is 9.59 Å². The van der Waals surface area contributed by atoms with Crippen LogP contribution in [0.25, 0.3) is 11.0 Å². The number of carbonyl (C=O) groups excluding carboxylic acids is 1. The van der Waals surface area contributed by atoms with Gasteiger partial charge in [0.1, 0.15) is 11.3 Å². The summed E-state index contributed by atoms with van der Waals surface area (Å²) in [5.74, 6) is 0.371. The highest BCUT2D eigenvalue weighted by molar-refractivity contribution is 6.31. The van der Waals surface area contributed by atoms with Crippen molar-refractivity contribution in [2.45, 2.75) is 25.3 Å². The molecule has 3 heterocycles. The van der Waals surface area contributed by atoms with Gasteiger partial charge >= 0.3 is 0 Å². The molecule has 28 heavy (non-hydrogen) atoms. The Balaban J connectivity index is 1.53. The summed E-state index contributed by atoms with van der Waals surface area (Å²) in [7, 11) is 0. The van der Waals surface area contributed by atoms with Gasteiger partial charge in [-0.3, -0.25) is 14.5 Å². The van der Waals surface area contributed by atoms with Gasteiger partial charge in [0.2, 0.25) is 0 Å². The smallest absolute Gasteiger partial charge is 0.287 e. The molecule has 1 atom stereocenters. The van der Waals surface area contributed by atoms with Crippen molar-refractivity contribution in [1.29, 1.82) is 0 Å². The Labute approximate surface area is 167 Å². The zero-order valence-corrected chi connectivity index (χ0v) is 16.1. The maximum atomic E-state index is 12.6. The molecule has 0 saturated carbocycles. The fourth-order valence-electron chi connectivity index (χ4n) is 3.64. The van der Waals surface area contributed by atoms with Gasteiger partial charge in [0.05, 0.1) is 17.7 Å². The predicted molar refractivity (Wildman–Crippen MR) is 107 cm³/mol. The number of benzene rings is 1. The highest BCUT2D eigenvalue weighted by Crippen LogP contribution is 2.25. The number of hydrogen-bond acceptors (Lipinski definition) is 5. The summed E-state index contributed by atoms with van der Waals surface area (Å²) >= 11 is 5.93. The largest absolute Gasteiger partial charge is 0.468 e. The molecule has 4 rings (SSSR count). The van der Waals surface area contributed by atoms with Crippen molar-refractivity contribution < 1.29 is 13.6 Å². The summed E-state index contributed by atoms with van der Waals surface area (Å²) in [6, 6.07) is 9.68. The lowest BCUT2D eigenvalue weighted by atomic mass is 10.1. The van der Waals surface area contributed by atoms with Crippen LogP contribution in [-0.2, 0) is 0 Å². The molecular weight excluding hydrogens is 380 g/mol. The third-order valence-electron chi connectivity index (χ3n) is 5.07. The molecule has 1 N–H and O–H groups in total. The summed E-state index contributed by atoms with van der Waals surface area (Å²) in [4.78, 5) is 27.3. The fourth-order valence-corrected chi connectivity index (χ4v) is 3.81. The fraction of sp³-hybridized carbons (Fsp3) is 0.333. The molecule has 2 aromatic heterocycles. The van der Waals surface area contributed by atoms with E-state index in [1.165, 1.54) is 18.6 Å². The van der Waals surface area contributed by atoms with Gasteiger partial charge in [-0.25, -0.2) is 0 Å². The number of hydrogen-bond donors (Lipinski definition) is 1. The first-order valence-electron chi connectivity index (χ1n) is 9.41. The predicted octanol–water partition coefficient (Wildman–Crippen LogP) is 4.00. The maximum absolute atomic E-state index is 12.6. The summed E-state index contributed by atoms with van der Waals surface area (Å²) in [5.41, 5.74) is 0.0354. The molecule has 1 aliphatic rings. The van der Waals surface area contributed by atoms with Crippen LogP contribution in [0.4, 0.5) is 0 Å². The topological polar surface area (TPSA) is 75.7 Å². The van der Waals surface area contributed by atoms with Crippen LogP contribution >= 0.6 is 11.6 Å². The van der Waals surface area contributed by atoms with Crippen LogP contribution in [0.1, 0.15) is 41.6 Å². The van der Waals surface area contributed by atoms with E-state index in [0.29, 0.717) is 22.5 Å². The molecule has 3 aromatic rings. The number of amides is 1. The van der Waals surface area contributed by atoms with Crippen LogP contribution in [0.15, 0.2) is 56.3 Å². The monoisotopic (exact) mass is 400 g/mol. The molecule has 1 aromatic carbocycles. The quantitative estimate of drug-likeness (QED) is 0.700. The normalized spacial score (nSPS) is 16.2. The van der Waals surface area contributed by atoms with Crippen molar-refractivity contribution in [3.8, 4) is 0 Å². The summed E-state index contributed by atoms with van der Waals surface area (Å²) in [5, 5.41) is 3.69. The molecule has 7 heteroatoms. The number of fused-ring (bicyclic) bond motifs is 1. The van der Waals surface area contributed by atoms with E-state index in [-0.39, 0.29) is 17.2 Å². The van der Waals surface area contributed by atoms with Gasteiger partial charge in [-0.1, -0.05) is 18.0 Å². The first kappa shape index (κ1) is 18.8. The van der Waals surface area contributed by atoms with Crippen LogP contribution in [0, 0.1) is 0 Å². The van der Waals surface area contributed by atoms with Gasteiger partial charge in [-0.2, -0.15) is 0 Å². The van der Waals surface area contributed by atoms with E-state index >= 15 is 0 Å². The number of carbonyl (C=O) groups is 1. The third kappa shape index (κ3) is 3.98. The van der Waals surface area contributed by atoms with Crippen LogP contribution in [0.2, 0.25) is 5.02 Å². The number of nitrogens with zero attached hydrogens (tertiary/aromatic N) is 1. The SMILES string of the molecule is O=C(NC[C@H](c1ccco1)N1CCCCC1)c1cc(=O)c2cc(Cl)ccc2o1. The second kappa shape index (κ2) is 8.20. The molecule has 0 spiro atoms. The minimum Gasteiger partial charge on any atom is -0.468 e. The summed E-state index contributed by atoms with van der Waals surface area (Å²) in [6.45, 7) is 2.30. The van der Waals surface area contributed by atoms with Gasteiger partial charge < -0.3 is 14.2 Å². The van der Waals surface area contributed by atoms with E-state index in [1.807, 2.05) is 12.1 Å². The first-order valence-corrected chi connectivity index (χ1v) is 9.79. The Hall–Kier alpha value is -2.57. The molecule has 1 saturated heterocycles. The Bertz CT molecular complexity index is 1020. The highest BCUT2D eigenvalue weighted by Gasteiger charge is 2.25. The maximum Gasteiger partial charge on any atom is 0.287 e. The van der Waals surface area contributed by atoms with Crippen LogP contribution in [0.3, 0.4) is 0 Å². The lowest BCUT2D eigenvalue weighted by molar-refractivity contribution is 0.0888. The molecule has 1 aliphatic heterocycles. The minimum absolute atomic E-state index is 0.0170. The lowest BCUT2D eigenvalue weighted by Crippen LogP contribution is -2.40. The van der Waals surface area contributed by atoms with Crippen molar-refractivity contribution in [3.05, 3.63) is 69.4 Å². The molecule has 6 nitrogen and oxygen atoms in total. The molecule has 146 valence electrons. The second-order valence-corrected chi connectivity index (χ2v) is 7.39. The molecule has 1 amide bonds. The second-order valence-electron chi connectivity index (χ2n) is 6.95. The van der Waals surface area contributed by atoms with E-state index in [1.54, 1.807) is 18.4 Å². The number of nitrogens with one attached hydrogen (secondary N) is 1. The van der Waals surface area contributed by atoms with E-state index < -0.39 is 5.91 Å². The summed E-state index contributed by atoms with van der Waals surface area (Å²) < 4.78 is 11.2. The van der Waals surface area contributed by atoms with Crippen molar-refractivity contribution in [2.75, 3.05) is 19.6 Å². The first-order chi connectivity index (χ1) is 13.6. The van der Waals surface area contributed by atoms with Gasteiger partial charge in [0.25, 0.3) is 5.91 Å². The zero-order chi connectivity index (χ0) is 19.5. The van der Waals surface area contributed by atoms with Crippen molar-refractivity contribution in [3.63, 3.8) is 0 Å². The van der Waals surface area contributed by atoms with Crippen molar-refractivity contribution >= 4 is 28.5 Å². The number of piperidine rings is 1. The highest BCUT2D eigenvalue weighted by atomic mass is 35.5. The minimum atomic E-state index is -0.428. The van der Waals surface area contributed by atoms with Crippen LogP contribution in [0.5, 0.6) is 0 Å². The van der Waals surface area contributed by atoms with Crippen molar-refractivity contribution in [2.24, 2.45) is 0 Å². The van der Waals surface area contributed by atoms with Crippen molar-refractivity contribution in [1.82, 2.24) is 10.2 Å².